The molecule has 2 aliphatic rings. The first-order valence-corrected chi connectivity index (χ1v) is 14.0. The molecule has 0 saturated carbocycles. The molecule has 2 heterocycles. The van der Waals surface area contributed by atoms with Crippen molar-refractivity contribution in [2.75, 3.05) is 52.9 Å². The molecule has 0 radical (unpaired) electrons. The molecule has 1 N–H and O–H groups in total. The van der Waals surface area contributed by atoms with E-state index in [1.165, 1.54) is 6.07 Å². The maximum atomic E-state index is 14.2. The summed E-state index contributed by atoms with van der Waals surface area (Å²) >= 11 is 12.4. The highest BCUT2D eigenvalue weighted by atomic mass is 35.5. The molecule has 0 spiro atoms. The number of hydrogen-bond acceptors (Lipinski definition) is 4. The van der Waals surface area contributed by atoms with E-state index in [-0.39, 0.29) is 24.4 Å². The molecule has 2 aromatic carbocycles. The topological polar surface area (TPSA) is 38.8 Å². The molecule has 2 fully saturated rings. The fraction of sp³-hybridized carbons (Fsp3) is 0.536. The Balaban J connectivity index is 1.43. The summed E-state index contributed by atoms with van der Waals surface area (Å²) in [6, 6.07) is 8.28. The number of hydrogen-bond donors (Lipinski definition) is 1. The third-order valence-electron chi connectivity index (χ3n) is 7.68. The zero-order chi connectivity index (χ0) is 28.2. The quantitative estimate of drug-likeness (QED) is 0.303. The first-order chi connectivity index (χ1) is 18.5. The lowest BCUT2D eigenvalue weighted by atomic mass is 9.93. The Kier molecular flexibility index (Phi) is 10.1. The zero-order valence-electron chi connectivity index (χ0n) is 21.9. The molecule has 2 aromatic rings. The minimum atomic E-state index is -4.75. The van der Waals surface area contributed by atoms with Gasteiger partial charge in [0.05, 0.1) is 15.6 Å². The van der Waals surface area contributed by atoms with Crippen LogP contribution in [0.4, 0.5) is 17.6 Å². The van der Waals surface area contributed by atoms with Crippen LogP contribution in [0.15, 0.2) is 36.4 Å². The van der Waals surface area contributed by atoms with Crippen LogP contribution < -0.4 is 5.32 Å². The number of carbonyl (C=O) groups is 1. The molecule has 11 heteroatoms. The highest BCUT2D eigenvalue weighted by Crippen LogP contribution is 2.36. The average Bonchev–Trinajstić information content (AvgIpc) is 3.34. The Bertz CT molecular complexity index is 1140. The SMILES string of the molecule is CN(Cc1ccc(C(F)(F)F)c(F)c1)[C@@H]1CN(C(=O)CCCCN2CCNCC2)C[C@@H]1c1ccc(Cl)c(Cl)c1. The lowest BCUT2D eigenvalue weighted by molar-refractivity contribution is -0.140. The Labute approximate surface area is 237 Å². The van der Waals surface area contributed by atoms with Crippen LogP contribution in [0.5, 0.6) is 0 Å². The van der Waals surface area contributed by atoms with Crippen molar-refractivity contribution in [3.05, 3.63) is 69.0 Å². The van der Waals surface area contributed by atoms with Gasteiger partial charge in [-0.15, -0.1) is 0 Å². The van der Waals surface area contributed by atoms with E-state index in [1.54, 1.807) is 12.1 Å². The first kappa shape index (κ1) is 30.1. The van der Waals surface area contributed by atoms with Gasteiger partial charge in [-0.2, -0.15) is 13.2 Å². The van der Waals surface area contributed by atoms with Crippen LogP contribution in [-0.2, 0) is 17.5 Å². The van der Waals surface area contributed by atoms with E-state index in [1.807, 2.05) is 22.9 Å². The Morgan fingerprint density at radius 1 is 1.05 bits per heavy atom. The number of likely N-dealkylation sites (tertiary alicyclic amines) is 1. The van der Waals surface area contributed by atoms with Gasteiger partial charge in [0.1, 0.15) is 5.82 Å². The van der Waals surface area contributed by atoms with Crippen molar-refractivity contribution < 1.29 is 22.4 Å². The van der Waals surface area contributed by atoms with Crippen molar-refractivity contribution in [3.8, 4) is 0 Å². The summed E-state index contributed by atoms with van der Waals surface area (Å²) in [4.78, 5) is 19.4. The fourth-order valence-corrected chi connectivity index (χ4v) is 5.81. The number of unbranched alkanes of at least 4 members (excludes halogenated alkanes) is 1. The molecule has 0 unspecified atom stereocenters. The lowest BCUT2D eigenvalue weighted by Crippen LogP contribution is -2.43. The first-order valence-electron chi connectivity index (χ1n) is 13.2. The third-order valence-corrected chi connectivity index (χ3v) is 8.41. The number of nitrogens with zero attached hydrogens (tertiary/aromatic N) is 3. The van der Waals surface area contributed by atoms with Crippen molar-refractivity contribution in [2.45, 2.75) is 43.9 Å². The van der Waals surface area contributed by atoms with Gasteiger partial charge in [0, 0.05) is 64.2 Å². The molecule has 4 rings (SSSR count). The maximum absolute atomic E-state index is 14.2. The molecule has 1 amide bonds. The molecule has 214 valence electrons. The van der Waals surface area contributed by atoms with Gasteiger partial charge in [-0.05, 0) is 61.8 Å². The molecule has 0 aromatic heterocycles. The fourth-order valence-electron chi connectivity index (χ4n) is 5.50. The van der Waals surface area contributed by atoms with E-state index in [9.17, 15) is 22.4 Å². The smallest absolute Gasteiger partial charge is 0.340 e. The molecule has 2 saturated heterocycles. The van der Waals surface area contributed by atoms with E-state index in [0.29, 0.717) is 35.1 Å². The molecule has 5 nitrogen and oxygen atoms in total. The van der Waals surface area contributed by atoms with Crippen LogP contribution in [-0.4, -0.2) is 79.5 Å². The predicted molar refractivity (Wildman–Crippen MR) is 146 cm³/mol. The highest BCUT2D eigenvalue weighted by molar-refractivity contribution is 6.42. The summed E-state index contributed by atoms with van der Waals surface area (Å²) in [7, 11) is 1.84. The second kappa shape index (κ2) is 13.2. The van der Waals surface area contributed by atoms with E-state index in [2.05, 4.69) is 10.2 Å². The van der Waals surface area contributed by atoms with Gasteiger partial charge < -0.3 is 15.1 Å². The van der Waals surface area contributed by atoms with Crippen LogP contribution in [0.1, 0.15) is 41.9 Å². The predicted octanol–water partition coefficient (Wildman–Crippen LogP) is 5.65. The summed E-state index contributed by atoms with van der Waals surface area (Å²) in [6.45, 7) is 6.21. The Morgan fingerprint density at radius 3 is 2.46 bits per heavy atom. The second-order valence-corrected chi connectivity index (χ2v) is 11.2. The van der Waals surface area contributed by atoms with Gasteiger partial charge in [0.15, 0.2) is 0 Å². The number of likely N-dealkylation sites (N-methyl/N-ethyl adjacent to an activating group) is 1. The number of carbonyl (C=O) groups excluding carboxylic acids is 1. The number of piperazine rings is 1. The number of halogens is 6. The highest BCUT2D eigenvalue weighted by Gasteiger charge is 2.39. The number of alkyl halides is 3. The van der Waals surface area contributed by atoms with E-state index in [4.69, 9.17) is 23.2 Å². The molecular weight excluding hydrogens is 555 g/mol. The van der Waals surface area contributed by atoms with E-state index < -0.39 is 17.6 Å². The normalized spacial score (nSPS) is 20.7. The summed E-state index contributed by atoms with van der Waals surface area (Å²) in [5.41, 5.74) is 0.0691. The summed E-state index contributed by atoms with van der Waals surface area (Å²) in [5, 5.41) is 4.18. The summed E-state index contributed by atoms with van der Waals surface area (Å²) < 4.78 is 53.2. The molecule has 2 atom stereocenters. The van der Waals surface area contributed by atoms with Gasteiger partial charge in [-0.25, -0.2) is 4.39 Å². The monoisotopic (exact) mass is 588 g/mol. The standard InChI is InChI=1S/C28H34Cl2F4N4O/c1-36(16-19-5-7-22(25(31)14-19)28(32,33)34)26-18-38(17-21(26)20-6-8-23(29)24(30)15-20)27(39)4-2-3-11-37-12-9-35-10-13-37/h5-8,14-15,21,26,35H,2-4,9-13,16-18H2,1H3/t21-,26-/m1/s1. The molecule has 0 bridgehead atoms. The Morgan fingerprint density at radius 2 is 1.79 bits per heavy atom. The summed E-state index contributed by atoms with van der Waals surface area (Å²) in [5.74, 6) is -1.30. The molecular formula is C28H34Cl2F4N4O. The van der Waals surface area contributed by atoms with Crippen LogP contribution in [0.3, 0.4) is 0 Å². The maximum Gasteiger partial charge on any atom is 0.419 e. The van der Waals surface area contributed by atoms with Crippen molar-refractivity contribution in [1.82, 2.24) is 20.0 Å². The molecule has 39 heavy (non-hydrogen) atoms. The van der Waals surface area contributed by atoms with Gasteiger partial charge >= 0.3 is 6.18 Å². The minimum Gasteiger partial charge on any atom is -0.340 e. The minimum absolute atomic E-state index is 0.0804. The van der Waals surface area contributed by atoms with Crippen molar-refractivity contribution in [1.29, 1.82) is 0 Å². The Hall–Kier alpha value is -1.91. The van der Waals surface area contributed by atoms with Gasteiger partial charge in [-0.1, -0.05) is 35.3 Å². The van der Waals surface area contributed by atoms with Crippen LogP contribution in [0.2, 0.25) is 10.0 Å². The number of rotatable bonds is 9. The van der Waals surface area contributed by atoms with Gasteiger partial charge in [0.25, 0.3) is 0 Å². The van der Waals surface area contributed by atoms with Crippen LogP contribution >= 0.6 is 23.2 Å². The number of benzene rings is 2. The van der Waals surface area contributed by atoms with Gasteiger partial charge in [-0.3, -0.25) is 9.69 Å². The van der Waals surface area contributed by atoms with Gasteiger partial charge in [0.2, 0.25) is 5.91 Å². The summed E-state index contributed by atoms with van der Waals surface area (Å²) in [6.07, 6.45) is -2.52. The number of nitrogens with one attached hydrogen (secondary N) is 1. The van der Waals surface area contributed by atoms with Crippen molar-refractivity contribution in [2.24, 2.45) is 0 Å². The molecule has 0 aliphatic carbocycles. The lowest BCUT2D eigenvalue weighted by Gasteiger charge is -2.29. The largest absolute Gasteiger partial charge is 0.419 e. The van der Waals surface area contributed by atoms with E-state index >= 15 is 0 Å². The van der Waals surface area contributed by atoms with Crippen molar-refractivity contribution >= 4 is 29.1 Å². The van der Waals surface area contributed by atoms with E-state index in [0.717, 1.165) is 63.3 Å². The second-order valence-electron chi connectivity index (χ2n) is 10.4. The van der Waals surface area contributed by atoms with Crippen molar-refractivity contribution in [3.63, 3.8) is 0 Å². The average molecular weight is 590 g/mol. The number of amides is 1. The molecule has 2 aliphatic heterocycles. The van der Waals surface area contributed by atoms with Crippen LogP contribution in [0.25, 0.3) is 0 Å². The van der Waals surface area contributed by atoms with Crippen LogP contribution in [0, 0.1) is 5.82 Å². The zero-order valence-corrected chi connectivity index (χ0v) is 23.4. The third kappa shape index (κ3) is 7.85.